The number of ether oxygens (including phenoxy) is 1. The van der Waals surface area contributed by atoms with Crippen LogP contribution in [0.1, 0.15) is 34.9 Å². The number of carbonyl (C=O) groups is 1. The van der Waals surface area contributed by atoms with Crippen LogP contribution >= 0.6 is 0 Å². The van der Waals surface area contributed by atoms with Crippen LogP contribution in [0.5, 0.6) is 0 Å². The molecule has 2 heterocycles. The predicted molar refractivity (Wildman–Crippen MR) is 46.8 cm³/mol. The normalized spacial score (nSPS) is 18.8. The maximum atomic E-state index is 10.4. The van der Waals surface area contributed by atoms with Crippen LogP contribution in [-0.2, 0) is 4.74 Å². The summed E-state index contributed by atoms with van der Waals surface area (Å²) in [4.78, 5) is 10.4. The number of carbonyl (C=O) groups excluding carboxylic acids is 1. The molecule has 0 atom stereocenters. The predicted octanol–water partition coefficient (Wildman–Crippen LogP) is 1.12. The van der Waals surface area contributed by atoms with Crippen LogP contribution in [0, 0.1) is 0 Å². The Morgan fingerprint density at radius 1 is 1.54 bits per heavy atom. The van der Waals surface area contributed by atoms with Gasteiger partial charge < -0.3 is 4.74 Å². The first-order valence-corrected chi connectivity index (χ1v) is 4.48. The van der Waals surface area contributed by atoms with Crippen LogP contribution < -0.4 is 0 Å². The lowest BCUT2D eigenvalue weighted by Crippen LogP contribution is -2.14. The van der Waals surface area contributed by atoms with E-state index in [2.05, 4.69) is 10.2 Å². The molecule has 1 aromatic rings. The van der Waals surface area contributed by atoms with Gasteiger partial charge in [-0.2, -0.15) is 5.10 Å². The zero-order valence-electron chi connectivity index (χ0n) is 7.32. The van der Waals surface area contributed by atoms with E-state index in [0.29, 0.717) is 11.6 Å². The third-order valence-corrected chi connectivity index (χ3v) is 2.40. The lowest BCUT2D eigenvalue weighted by atomic mass is 9.97. The summed E-state index contributed by atoms with van der Waals surface area (Å²) in [6.45, 7) is 1.61. The Bertz CT molecular complexity index is 290. The van der Waals surface area contributed by atoms with Crippen molar-refractivity contribution in [1.29, 1.82) is 0 Å². The summed E-state index contributed by atoms with van der Waals surface area (Å²) in [5, 5.41) is 6.77. The Morgan fingerprint density at radius 2 is 2.31 bits per heavy atom. The summed E-state index contributed by atoms with van der Waals surface area (Å²) >= 11 is 0. The molecule has 1 aliphatic heterocycles. The number of aromatic nitrogens is 2. The van der Waals surface area contributed by atoms with Crippen molar-refractivity contribution in [3.05, 3.63) is 17.5 Å². The number of nitrogens with zero attached hydrogens (tertiary/aromatic N) is 1. The van der Waals surface area contributed by atoms with E-state index in [1.165, 1.54) is 0 Å². The van der Waals surface area contributed by atoms with E-state index in [9.17, 15) is 4.79 Å². The molecule has 4 heteroatoms. The average molecular weight is 180 g/mol. The van der Waals surface area contributed by atoms with Gasteiger partial charge in [0.2, 0.25) is 0 Å². The van der Waals surface area contributed by atoms with Gasteiger partial charge in [-0.05, 0) is 18.9 Å². The fourth-order valence-corrected chi connectivity index (χ4v) is 1.63. The minimum Gasteiger partial charge on any atom is -0.381 e. The Hall–Kier alpha value is -1.16. The van der Waals surface area contributed by atoms with Gasteiger partial charge in [0.1, 0.15) is 5.69 Å². The van der Waals surface area contributed by atoms with Crippen LogP contribution in [0.4, 0.5) is 0 Å². The van der Waals surface area contributed by atoms with Crippen molar-refractivity contribution in [3.8, 4) is 0 Å². The Labute approximate surface area is 76.3 Å². The fourth-order valence-electron chi connectivity index (χ4n) is 1.63. The summed E-state index contributed by atoms with van der Waals surface area (Å²) in [7, 11) is 0. The second kappa shape index (κ2) is 3.70. The first kappa shape index (κ1) is 8.44. The molecule has 2 rings (SSSR count). The van der Waals surface area contributed by atoms with Crippen molar-refractivity contribution in [2.75, 3.05) is 13.2 Å². The van der Waals surface area contributed by atoms with Crippen molar-refractivity contribution in [2.45, 2.75) is 18.8 Å². The summed E-state index contributed by atoms with van der Waals surface area (Å²) in [5.41, 5.74) is 1.55. The third kappa shape index (κ3) is 1.78. The monoisotopic (exact) mass is 180 g/mol. The van der Waals surface area contributed by atoms with Gasteiger partial charge in [-0.3, -0.25) is 9.89 Å². The van der Waals surface area contributed by atoms with Gasteiger partial charge in [0, 0.05) is 24.8 Å². The topological polar surface area (TPSA) is 55.0 Å². The largest absolute Gasteiger partial charge is 0.381 e. The van der Waals surface area contributed by atoms with E-state index in [0.717, 1.165) is 38.0 Å². The number of aromatic amines is 1. The smallest absolute Gasteiger partial charge is 0.170 e. The number of hydrogen-bond donors (Lipinski definition) is 1. The van der Waals surface area contributed by atoms with Crippen LogP contribution in [0.25, 0.3) is 0 Å². The number of rotatable bonds is 2. The standard InChI is InChI=1S/C9H12N2O2/c12-6-8-5-9(11-10-8)7-1-3-13-4-2-7/h5-7H,1-4H2,(H,10,11). The van der Waals surface area contributed by atoms with Gasteiger partial charge in [0.05, 0.1) is 0 Å². The minimum atomic E-state index is 0.481. The molecule has 1 fully saturated rings. The summed E-state index contributed by atoms with van der Waals surface area (Å²) in [5.74, 6) is 0.481. The molecule has 0 aliphatic carbocycles. The number of H-pyrrole nitrogens is 1. The van der Waals surface area contributed by atoms with Crippen molar-refractivity contribution in [3.63, 3.8) is 0 Å². The zero-order valence-corrected chi connectivity index (χ0v) is 7.32. The van der Waals surface area contributed by atoms with E-state index in [1.807, 2.05) is 6.07 Å². The lowest BCUT2D eigenvalue weighted by molar-refractivity contribution is 0.0845. The first-order chi connectivity index (χ1) is 6.40. The molecular formula is C9H12N2O2. The Kier molecular flexibility index (Phi) is 2.40. The van der Waals surface area contributed by atoms with Crippen molar-refractivity contribution in [1.82, 2.24) is 10.2 Å². The lowest BCUT2D eigenvalue weighted by Gasteiger charge is -2.20. The van der Waals surface area contributed by atoms with E-state index < -0.39 is 0 Å². The molecular weight excluding hydrogens is 168 g/mol. The second-order valence-electron chi connectivity index (χ2n) is 3.25. The SMILES string of the molecule is O=Cc1cc(C2CCOCC2)[nH]n1. The first-order valence-electron chi connectivity index (χ1n) is 4.48. The fraction of sp³-hybridized carbons (Fsp3) is 0.556. The minimum absolute atomic E-state index is 0.481. The number of nitrogens with one attached hydrogen (secondary N) is 1. The molecule has 1 N–H and O–H groups in total. The van der Waals surface area contributed by atoms with Gasteiger partial charge in [-0.15, -0.1) is 0 Å². The molecule has 0 saturated carbocycles. The van der Waals surface area contributed by atoms with E-state index in [-0.39, 0.29) is 0 Å². The van der Waals surface area contributed by atoms with Crippen molar-refractivity contribution in [2.24, 2.45) is 0 Å². The van der Waals surface area contributed by atoms with E-state index in [4.69, 9.17) is 4.74 Å². The van der Waals surface area contributed by atoms with Crippen molar-refractivity contribution >= 4 is 6.29 Å². The number of hydrogen-bond acceptors (Lipinski definition) is 3. The third-order valence-electron chi connectivity index (χ3n) is 2.40. The highest BCUT2D eigenvalue weighted by atomic mass is 16.5. The molecule has 0 spiro atoms. The maximum Gasteiger partial charge on any atom is 0.170 e. The Morgan fingerprint density at radius 3 is 2.92 bits per heavy atom. The molecule has 1 aromatic heterocycles. The maximum absolute atomic E-state index is 10.4. The zero-order chi connectivity index (χ0) is 9.10. The van der Waals surface area contributed by atoms with Crippen LogP contribution in [0.15, 0.2) is 6.07 Å². The Balaban J connectivity index is 2.09. The van der Waals surface area contributed by atoms with Crippen LogP contribution in [0.2, 0.25) is 0 Å². The average Bonchev–Trinajstić information content (AvgIpc) is 2.67. The van der Waals surface area contributed by atoms with Gasteiger partial charge in [-0.25, -0.2) is 0 Å². The summed E-state index contributed by atoms with van der Waals surface area (Å²) in [6, 6.07) is 1.82. The van der Waals surface area contributed by atoms with Gasteiger partial charge in [0.15, 0.2) is 6.29 Å². The highest BCUT2D eigenvalue weighted by molar-refractivity contribution is 5.71. The molecule has 0 amide bonds. The highest BCUT2D eigenvalue weighted by Gasteiger charge is 2.17. The molecule has 0 aromatic carbocycles. The van der Waals surface area contributed by atoms with Gasteiger partial charge >= 0.3 is 0 Å². The van der Waals surface area contributed by atoms with E-state index in [1.54, 1.807) is 0 Å². The molecule has 1 saturated heterocycles. The molecule has 70 valence electrons. The summed E-state index contributed by atoms with van der Waals surface area (Å²) in [6.07, 6.45) is 2.79. The van der Waals surface area contributed by atoms with Crippen LogP contribution in [-0.4, -0.2) is 29.7 Å². The van der Waals surface area contributed by atoms with Crippen LogP contribution in [0.3, 0.4) is 0 Å². The molecule has 0 radical (unpaired) electrons. The molecule has 13 heavy (non-hydrogen) atoms. The second-order valence-corrected chi connectivity index (χ2v) is 3.25. The van der Waals surface area contributed by atoms with Gasteiger partial charge in [0.25, 0.3) is 0 Å². The molecule has 0 unspecified atom stereocenters. The van der Waals surface area contributed by atoms with E-state index >= 15 is 0 Å². The summed E-state index contributed by atoms with van der Waals surface area (Å²) < 4.78 is 5.25. The van der Waals surface area contributed by atoms with Crippen molar-refractivity contribution < 1.29 is 9.53 Å². The molecule has 4 nitrogen and oxygen atoms in total. The van der Waals surface area contributed by atoms with Gasteiger partial charge in [-0.1, -0.05) is 0 Å². The number of aldehydes is 1. The quantitative estimate of drug-likeness (QED) is 0.694. The molecule has 0 bridgehead atoms. The highest BCUT2D eigenvalue weighted by Crippen LogP contribution is 2.25. The molecule has 1 aliphatic rings.